The van der Waals surface area contributed by atoms with Crippen molar-refractivity contribution < 1.29 is 99.9 Å². The van der Waals surface area contributed by atoms with Crippen LogP contribution in [0.4, 0.5) is 0 Å². The van der Waals surface area contributed by atoms with Crippen molar-refractivity contribution >= 4 is 34.1 Å². The van der Waals surface area contributed by atoms with E-state index in [2.05, 4.69) is 0 Å². The molecule has 0 aromatic carbocycles. The molecule has 0 saturated carbocycles. The molecule has 7 heavy (non-hydrogen) atoms. The fourth-order valence-corrected chi connectivity index (χ4v) is 0. The quantitative estimate of drug-likeness (QED) is 0.346. The van der Waals surface area contributed by atoms with Crippen LogP contribution in [0.1, 0.15) is 0 Å². The SMILES string of the molecule is [Ce+3].[Ce+3].[O-2].[O-2].[O-2].[SeH2].[SeH2]. The van der Waals surface area contributed by atoms with Gasteiger partial charge in [0.25, 0.3) is 0 Å². The van der Waals surface area contributed by atoms with Crippen molar-refractivity contribution in [2.75, 3.05) is 0 Å². The Hall–Kier alpha value is 3.67. The average molecular weight is 490 g/mol. The van der Waals surface area contributed by atoms with E-state index in [4.69, 9.17) is 0 Å². The summed E-state index contributed by atoms with van der Waals surface area (Å²) in [5, 5.41) is 0. The molecule has 0 rings (SSSR count). The molecule has 0 heterocycles. The Morgan fingerprint density at radius 2 is 0.429 bits per heavy atom. The van der Waals surface area contributed by atoms with Gasteiger partial charge in [-0.15, -0.1) is 0 Å². The van der Waals surface area contributed by atoms with E-state index in [9.17, 15) is 0 Å². The molecule has 42 valence electrons. The summed E-state index contributed by atoms with van der Waals surface area (Å²) in [6.45, 7) is 0. The molecule has 3 nitrogen and oxygen atoms in total. The molecule has 0 amide bonds. The average Bonchev–Trinajstić information content (AvgIpc) is 0. The fraction of sp³-hybridized carbons (Fsp3) is 0. The topological polar surface area (TPSA) is 85.5 Å². The zero-order chi connectivity index (χ0) is 0. The van der Waals surface area contributed by atoms with Crippen molar-refractivity contribution in [2.45, 2.75) is 0 Å². The Morgan fingerprint density at radius 1 is 0.429 bits per heavy atom. The van der Waals surface area contributed by atoms with E-state index < -0.39 is 0 Å². The summed E-state index contributed by atoms with van der Waals surface area (Å²) in [6.07, 6.45) is 0. The molecule has 0 atom stereocenters. The Kier molecular flexibility index (Phi) is 571. The Balaban J connectivity index is 0. The minimum absolute atomic E-state index is 0. The van der Waals surface area contributed by atoms with Crippen LogP contribution in [0.2, 0.25) is 0 Å². The van der Waals surface area contributed by atoms with Crippen molar-refractivity contribution in [3.63, 3.8) is 0 Å². The molecule has 0 aliphatic carbocycles. The number of hydrogen-bond acceptors (Lipinski definition) is 0. The molecule has 0 saturated heterocycles. The van der Waals surface area contributed by atoms with Crippen molar-refractivity contribution in [3.8, 4) is 0 Å². The van der Waals surface area contributed by atoms with Gasteiger partial charge in [-0.1, -0.05) is 0 Å². The zero-order valence-electron chi connectivity index (χ0n) is 3.22. The first kappa shape index (κ1) is 74.0. The van der Waals surface area contributed by atoms with Crippen molar-refractivity contribution in [1.82, 2.24) is 0 Å². The molecule has 2 radical (unpaired) electrons. The number of rotatable bonds is 0. The molecule has 0 N–H and O–H groups in total. The van der Waals surface area contributed by atoms with E-state index in [-0.39, 0.29) is 134 Å². The summed E-state index contributed by atoms with van der Waals surface area (Å²) in [4.78, 5) is 0. The van der Waals surface area contributed by atoms with Gasteiger partial charge in [0, 0.05) is 0 Å². The Labute approximate surface area is 131 Å². The van der Waals surface area contributed by atoms with Gasteiger partial charge < -0.3 is 16.4 Å². The van der Waals surface area contributed by atoms with Crippen LogP contribution in [0, 0.1) is 83.5 Å². The van der Waals surface area contributed by atoms with Crippen molar-refractivity contribution in [2.24, 2.45) is 0 Å². The van der Waals surface area contributed by atoms with Gasteiger partial charge in [0.1, 0.15) is 0 Å². The molecule has 0 aliphatic heterocycles. The Bertz CT molecular complexity index is 10.9. The third-order valence-corrected chi connectivity index (χ3v) is 0. The normalized spacial score (nSPS) is 0. The molecule has 0 unspecified atom stereocenters. The second-order valence-corrected chi connectivity index (χ2v) is 0. The van der Waals surface area contributed by atoms with E-state index in [1.807, 2.05) is 0 Å². The van der Waals surface area contributed by atoms with Gasteiger partial charge >= 0.3 is 118 Å². The van der Waals surface area contributed by atoms with Gasteiger partial charge in [-0.3, -0.25) is 0 Å². The summed E-state index contributed by atoms with van der Waals surface area (Å²) >= 11 is 0. The molecule has 0 bridgehead atoms. The molecule has 0 fully saturated rings. The second-order valence-electron chi connectivity index (χ2n) is 0. The standard InChI is InChI=1S/2Ce.3O.2H2Se/h;;;;;2*1H2/q2*+3;3*-2;;. The molecule has 0 spiro atoms. The van der Waals surface area contributed by atoms with Crippen LogP contribution in [-0.2, 0) is 16.4 Å². The summed E-state index contributed by atoms with van der Waals surface area (Å²) in [6, 6.07) is 0. The molecule has 0 aliphatic rings. The fourth-order valence-electron chi connectivity index (χ4n) is 0. The van der Waals surface area contributed by atoms with Gasteiger partial charge in [0.15, 0.2) is 0 Å². The van der Waals surface area contributed by atoms with E-state index >= 15 is 0 Å². The third-order valence-electron chi connectivity index (χ3n) is 0. The van der Waals surface area contributed by atoms with Crippen LogP contribution >= 0.6 is 0 Å². The van der Waals surface area contributed by atoms with Crippen LogP contribution in [0.25, 0.3) is 0 Å². The van der Waals surface area contributed by atoms with Crippen LogP contribution in [0.3, 0.4) is 0 Å². The van der Waals surface area contributed by atoms with E-state index in [0.717, 1.165) is 0 Å². The molecule has 7 heteroatoms. The monoisotopic (exact) mass is 492 g/mol. The predicted octanol–water partition coefficient (Wildman–Crippen LogP) is -2.19. The summed E-state index contributed by atoms with van der Waals surface area (Å²) in [5.41, 5.74) is 0. The minimum atomic E-state index is 0. The van der Waals surface area contributed by atoms with Crippen molar-refractivity contribution in [3.05, 3.63) is 0 Å². The van der Waals surface area contributed by atoms with Gasteiger partial charge in [-0.25, -0.2) is 0 Å². The van der Waals surface area contributed by atoms with E-state index in [0.29, 0.717) is 0 Å². The summed E-state index contributed by atoms with van der Waals surface area (Å²) < 4.78 is 0. The Morgan fingerprint density at radius 3 is 0.429 bits per heavy atom. The summed E-state index contributed by atoms with van der Waals surface area (Å²) in [5.74, 6) is 0. The van der Waals surface area contributed by atoms with Gasteiger partial charge in [0.05, 0.1) is 0 Å². The van der Waals surface area contributed by atoms with Gasteiger partial charge in [-0.05, 0) is 0 Å². The van der Waals surface area contributed by atoms with E-state index in [1.54, 1.807) is 0 Å². The van der Waals surface area contributed by atoms with Gasteiger partial charge in [0.2, 0.25) is 0 Å². The second kappa shape index (κ2) is 53.9. The first-order chi connectivity index (χ1) is 0. The maximum absolute atomic E-state index is 0. The molecular weight excluding hydrogens is 486 g/mol. The zero-order valence-corrected chi connectivity index (χ0v) is 13.7. The van der Waals surface area contributed by atoms with Crippen LogP contribution < -0.4 is 0 Å². The summed E-state index contributed by atoms with van der Waals surface area (Å²) in [7, 11) is 0. The maximum atomic E-state index is 0. The van der Waals surface area contributed by atoms with Crippen molar-refractivity contribution in [1.29, 1.82) is 0 Å². The van der Waals surface area contributed by atoms with Crippen LogP contribution in [-0.4, -0.2) is 34.1 Å². The first-order valence-electron chi connectivity index (χ1n) is 0. The van der Waals surface area contributed by atoms with Gasteiger partial charge in [-0.2, -0.15) is 0 Å². The predicted molar refractivity (Wildman–Crippen MR) is 19.1 cm³/mol. The first-order valence-corrected chi connectivity index (χ1v) is 0. The third kappa shape index (κ3) is 42.2. The molecule has 0 aromatic heterocycles. The van der Waals surface area contributed by atoms with Crippen LogP contribution in [0.15, 0.2) is 0 Å². The number of hydrogen-bond donors (Lipinski definition) is 0. The molecular formula is H4Ce2O3Se2. The van der Waals surface area contributed by atoms with Crippen LogP contribution in [0.5, 0.6) is 0 Å². The molecule has 0 aromatic rings. The van der Waals surface area contributed by atoms with E-state index in [1.165, 1.54) is 0 Å².